The van der Waals surface area contributed by atoms with Crippen LogP contribution < -0.4 is 4.74 Å². The van der Waals surface area contributed by atoms with Crippen molar-refractivity contribution < 1.29 is 23.0 Å². The van der Waals surface area contributed by atoms with Crippen molar-refractivity contribution in [1.29, 1.82) is 0 Å². The summed E-state index contributed by atoms with van der Waals surface area (Å²) in [6.45, 7) is 4.26. The number of pyridine rings is 1. The maximum atomic E-state index is 13.6. The topological polar surface area (TPSA) is 51.7 Å². The van der Waals surface area contributed by atoms with E-state index in [4.69, 9.17) is 9.47 Å². The molecule has 2 aromatic rings. The zero-order valence-corrected chi connectivity index (χ0v) is 14.5. The molecule has 1 aliphatic heterocycles. The maximum absolute atomic E-state index is 13.6. The van der Waals surface area contributed by atoms with E-state index in [-0.39, 0.29) is 23.5 Å². The Labute approximate surface area is 150 Å². The Hall–Kier alpha value is -2.38. The van der Waals surface area contributed by atoms with E-state index < -0.39 is 11.6 Å². The van der Waals surface area contributed by atoms with Gasteiger partial charge in [-0.1, -0.05) is 13.0 Å². The average Bonchev–Trinajstić information content (AvgIpc) is 2.66. The Bertz CT molecular complexity index is 768. The summed E-state index contributed by atoms with van der Waals surface area (Å²) < 4.78 is 37.6. The van der Waals surface area contributed by atoms with Crippen LogP contribution in [0.3, 0.4) is 0 Å². The highest BCUT2D eigenvalue weighted by molar-refractivity contribution is 5.83. The Morgan fingerprint density at radius 1 is 1.35 bits per heavy atom. The van der Waals surface area contributed by atoms with Crippen LogP contribution >= 0.6 is 0 Å². The number of carbonyl (C=O) groups is 1. The van der Waals surface area contributed by atoms with Crippen LogP contribution in [0, 0.1) is 11.6 Å². The number of aromatic nitrogens is 1. The lowest BCUT2D eigenvalue weighted by molar-refractivity contribution is -0.136. The number of benzene rings is 1. The van der Waals surface area contributed by atoms with Crippen molar-refractivity contribution >= 4 is 5.78 Å². The predicted octanol–water partition coefficient (Wildman–Crippen LogP) is 3.33. The zero-order valence-electron chi connectivity index (χ0n) is 14.5. The Morgan fingerprint density at radius 3 is 2.92 bits per heavy atom. The first-order chi connectivity index (χ1) is 12.5. The number of Topliss-reactive ketones (excluding diaryl/α,β-unsaturated/α-hetero) is 1. The van der Waals surface area contributed by atoms with E-state index in [1.54, 1.807) is 12.3 Å². The van der Waals surface area contributed by atoms with Gasteiger partial charge in [0.2, 0.25) is 5.88 Å². The number of ketones is 1. The molecule has 5 nitrogen and oxygen atoms in total. The van der Waals surface area contributed by atoms with Crippen LogP contribution in [0.5, 0.6) is 11.6 Å². The van der Waals surface area contributed by atoms with E-state index >= 15 is 0 Å². The van der Waals surface area contributed by atoms with Crippen LogP contribution in [0.4, 0.5) is 8.78 Å². The van der Waals surface area contributed by atoms with E-state index in [9.17, 15) is 13.6 Å². The summed E-state index contributed by atoms with van der Waals surface area (Å²) in [5, 5.41) is 0. The predicted molar refractivity (Wildman–Crippen MR) is 91.0 cm³/mol. The number of hydrogen-bond acceptors (Lipinski definition) is 5. The maximum Gasteiger partial charge on any atom is 0.219 e. The Kier molecular flexibility index (Phi) is 5.90. The highest BCUT2D eigenvalue weighted by atomic mass is 19.1. The van der Waals surface area contributed by atoms with Crippen LogP contribution in [-0.4, -0.2) is 41.5 Å². The summed E-state index contributed by atoms with van der Waals surface area (Å²) in [6.07, 6.45) is 1.71. The van der Waals surface area contributed by atoms with Crippen LogP contribution in [0.1, 0.15) is 18.9 Å². The van der Waals surface area contributed by atoms with Crippen LogP contribution in [0.25, 0.3) is 0 Å². The molecule has 0 saturated carbocycles. The third-order valence-electron chi connectivity index (χ3n) is 4.17. The molecule has 1 aromatic carbocycles. The van der Waals surface area contributed by atoms with Gasteiger partial charge in [0.15, 0.2) is 17.3 Å². The average molecular weight is 362 g/mol. The second kappa shape index (κ2) is 8.33. The fourth-order valence-electron chi connectivity index (χ4n) is 2.76. The van der Waals surface area contributed by atoms with E-state index in [1.807, 2.05) is 13.0 Å². The van der Waals surface area contributed by atoms with Gasteiger partial charge < -0.3 is 9.47 Å². The fraction of sp³-hybridized carbons (Fsp3) is 0.368. The molecule has 0 amide bonds. The molecule has 1 atom stereocenters. The number of rotatable bonds is 6. The molecule has 7 heteroatoms. The normalized spacial score (nSPS) is 17.9. The van der Waals surface area contributed by atoms with Crippen LogP contribution in [0.2, 0.25) is 0 Å². The number of halogens is 2. The van der Waals surface area contributed by atoms with Crippen molar-refractivity contribution in [3.05, 3.63) is 53.7 Å². The molecule has 138 valence electrons. The van der Waals surface area contributed by atoms with Gasteiger partial charge in [0.25, 0.3) is 0 Å². The summed E-state index contributed by atoms with van der Waals surface area (Å²) in [6, 6.07) is 6.42. The molecule has 1 aliphatic rings. The van der Waals surface area contributed by atoms with Crippen molar-refractivity contribution in [1.82, 2.24) is 9.88 Å². The van der Waals surface area contributed by atoms with E-state index in [2.05, 4.69) is 9.88 Å². The van der Waals surface area contributed by atoms with Crippen molar-refractivity contribution in [3.8, 4) is 11.6 Å². The quantitative estimate of drug-likeness (QED) is 0.789. The van der Waals surface area contributed by atoms with Gasteiger partial charge in [-0.05, 0) is 17.7 Å². The molecular weight excluding hydrogens is 342 g/mol. The van der Waals surface area contributed by atoms with Crippen molar-refractivity contribution in [3.63, 3.8) is 0 Å². The third-order valence-corrected chi connectivity index (χ3v) is 4.17. The molecule has 0 aliphatic carbocycles. The fourth-order valence-corrected chi connectivity index (χ4v) is 2.76. The molecule has 1 fully saturated rings. The first kappa shape index (κ1) is 18.4. The van der Waals surface area contributed by atoms with Crippen molar-refractivity contribution in [2.45, 2.75) is 26.0 Å². The van der Waals surface area contributed by atoms with Gasteiger partial charge in [0.05, 0.1) is 6.61 Å². The lowest BCUT2D eigenvalue weighted by atomic mass is 10.1. The zero-order chi connectivity index (χ0) is 18.5. The number of nitrogens with zero attached hydrogens (tertiary/aromatic N) is 2. The smallest absolute Gasteiger partial charge is 0.219 e. The standard InChI is InChI=1S/C19H20F2N2O3/c1-2-16(24)18-12-23(7-8-25-18)11-13-3-6-19(22-10-13)26-17-9-14(20)4-5-15(17)21/h3-6,9-10,18H,2,7-8,11-12H2,1H3/t18-/m0/s1. The molecule has 0 bridgehead atoms. The molecule has 2 heterocycles. The van der Waals surface area contributed by atoms with Gasteiger partial charge in [0.1, 0.15) is 11.9 Å². The number of ether oxygens (including phenoxy) is 2. The summed E-state index contributed by atoms with van der Waals surface area (Å²) in [5.74, 6) is -1.16. The van der Waals surface area contributed by atoms with Crippen molar-refractivity contribution in [2.75, 3.05) is 19.7 Å². The molecule has 1 saturated heterocycles. The van der Waals surface area contributed by atoms with E-state index in [1.165, 1.54) is 0 Å². The summed E-state index contributed by atoms with van der Waals surface area (Å²) in [7, 11) is 0. The van der Waals surface area contributed by atoms with Crippen LogP contribution in [0.15, 0.2) is 36.5 Å². The summed E-state index contributed by atoms with van der Waals surface area (Å²) >= 11 is 0. The minimum atomic E-state index is -0.655. The van der Waals surface area contributed by atoms with Gasteiger partial charge in [-0.25, -0.2) is 13.8 Å². The van der Waals surface area contributed by atoms with E-state index in [0.717, 1.165) is 30.3 Å². The molecule has 3 rings (SSSR count). The molecule has 0 N–H and O–H groups in total. The summed E-state index contributed by atoms with van der Waals surface area (Å²) in [5.41, 5.74) is 0.932. The van der Waals surface area contributed by atoms with Gasteiger partial charge in [-0.15, -0.1) is 0 Å². The van der Waals surface area contributed by atoms with Crippen molar-refractivity contribution in [2.24, 2.45) is 0 Å². The Balaban J connectivity index is 1.61. The van der Waals surface area contributed by atoms with Crippen LogP contribution in [-0.2, 0) is 16.1 Å². The molecule has 26 heavy (non-hydrogen) atoms. The first-order valence-corrected chi connectivity index (χ1v) is 8.49. The second-order valence-electron chi connectivity index (χ2n) is 6.10. The number of carbonyl (C=O) groups excluding carboxylic acids is 1. The second-order valence-corrected chi connectivity index (χ2v) is 6.10. The molecule has 1 aromatic heterocycles. The first-order valence-electron chi connectivity index (χ1n) is 8.49. The largest absolute Gasteiger partial charge is 0.436 e. The SMILES string of the molecule is CCC(=O)[C@@H]1CN(Cc2ccc(Oc3cc(F)ccc3F)nc2)CCO1. The third kappa shape index (κ3) is 4.62. The number of hydrogen-bond donors (Lipinski definition) is 0. The van der Waals surface area contributed by atoms with Gasteiger partial charge in [-0.3, -0.25) is 9.69 Å². The highest BCUT2D eigenvalue weighted by Gasteiger charge is 2.25. The molecule has 0 radical (unpaired) electrons. The lowest BCUT2D eigenvalue weighted by Gasteiger charge is -2.32. The monoisotopic (exact) mass is 362 g/mol. The molecule has 0 unspecified atom stereocenters. The van der Waals surface area contributed by atoms with E-state index in [0.29, 0.717) is 26.1 Å². The minimum Gasteiger partial charge on any atom is -0.436 e. The summed E-state index contributed by atoms with van der Waals surface area (Å²) in [4.78, 5) is 18.1. The van der Waals surface area contributed by atoms with Gasteiger partial charge in [0, 0.05) is 44.4 Å². The molecular formula is C19H20F2N2O3. The highest BCUT2D eigenvalue weighted by Crippen LogP contribution is 2.24. The van der Waals surface area contributed by atoms with Gasteiger partial charge >= 0.3 is 0 Å². The lowest BCUT2D eigenvalue weighted by Crippen LogP contribution is -2.45. The minimum absolute atomic E-state index is 0.105. The van der Waals surface area contributed by atoms with Gasteiger partial charge in [-0.2, -0.15) is 0 Å². The number of morpholine rings is 1. The Morgan fingerprint density at radius 2 is 2.19 bits per heavy atom. The molecule has 0 spiro atoms.